The van der Waals surface area contributed by atoms with E-state index in [-0.39, 0.29) is 17.1 Å². The SMILES string of the molecule is COC(=O)CC1(CSCCC(F)(F)F)CC1. The first-order valence-corrected chi connectivity index (χ1v) is 6.24. The summed E-state index contributed by atoms with van der Waals surface area (Å²) in [6, 6.07) is 0. The summed E-state index contributed by atoms with van der Waals surface area (Å²) in [7, 11) is 1.33. The second-order valence-corrected chi connectivity index (χ2v) is 5.28. The lowest BCUT2D eigenvalue weighted by molar-refractivity contribution is -0.141. The summed E-state index contributed by atoms with van der Waals surface area (Å²) < 4.78 is 40.2. The molecule has 0 aromatic heterocycles. The fraction of sp³-hybridized carbons (Fsp3) is 0.900. The summed E-state index contributed by atoms with van der Waals surface area (Å²) in [6.45, 7) is 0. The van der Waals surface area contributed by atoms with E-state index in [9.17, 15) is 18.0 Å². The Bertz CT molecular complexity index is 249. The Morgan fingerprint density at radius 1 is 1.44 bits per heavy atom. The Morgan fingerprint density at radius 3 is 2.50 bits per heavy atom. The van der Waals surface area contributed by atoms with Crippen molar-refractivity contribution in [1.29, 1.82) is 0 Å². The molecule has 1 aliphatic rings. The molecule has 1 fully saturated rings. The van der Waals surface area contributed by atoms with Gasteiger partial charge < -0.3 is 4.74 Å². The minimum absolute atomic E-state index is 0.0758. The summed E-state index contributed by atoms with van der Waals surface area (Å²) in [6.07, 6.45) is -2.66. The van der Waals surface area contributed by atoms with Crippen LogP contribution in [0.2, 0.25) is 0 Å². The highest BCUT2D eigenvalue weighted by Gasteiger charge is 2.44. The van der Waals surface area contributed by atoms with Crippen molar-refractivity contribution >= 4 is 17.7 Å². The minimum Gasteiger partial charge on any atom is -0.469 e. The maximum absolute atomic E-state index is 11.9. The molecule has 1 aliphatic carbocycles. The van der Waals surface area contributed by atoms with Gasteiger partial charge in [0.1, 0.15) is 0 Å². The van der Waals surface area contributed by atoms with Crippen molar-refractivity contribution in [2.45, 2.75) is 31.9 Å². The molecule has 2 nitrogen and oxygen atoms in total. The first-order chi connectivity index (χ1) is 7.37. The molecule has 0 N–H and O–H groups in total. The fourth-order valence-electron chi connectivity index (χ4n) is 1.40. The third-order valence-electron chi connectivity index (χ3n) is 2.64. The maximum Gasteiger partial charge on any atom is 0.389 e. The van der Waals surface area contributed by atoms with Crippen LogP contribution in [0.15, 0.2) is 0 Å². The zero-order valence-corrected chi connectivity index (χ0v) is 9.92. The summed E-state index contributed by atoms with van der Waals surface area (Å²) in [4.78, 5) is 11.0. The largest absolute Gasteiger partial charge is 0.469 e. The van der Waals surface area contributed by atoms with Gasteiger partial charge in [-0.2, -0.15) is 24.9 Å². The van der Waals surface area contributed by atoms with Crippen molar-refractivity contribution in [2.75, 3.05) is 18.6 Å². The third kappa shape index (κ3) is 5.09. The van der Waals surface area contributed by atoms with Crippen LogP contribution in [0.3, 0.4) is 0 Å². The van der Waals surface area contributed by atoms with Gasteiger partial charge in [-0.25, -0.2) is 0 Å². The van der Waals surface area contributed by atoms with Gasteiger partial charge in [0, 0.05) is 5.75 Å². The summed E-state index contributed by atoms with van der Waals surface area (Å²) in [5.74, 6) is 0.429. The quantitative estimate of drug-likeness (QED) is 0.540. The fourth-order valence-corrected chi connectivity index (χ4v) is 2.75. The van der Waals surface area contributed by atoms with E-state index in [1.807, 2.05) is 0 Å². The summed E-state index contributed by atoms with van der Waals surface area (Å²) in [5.41, 5.74) is -0.0800. The molecule has 16 heavy (non-hydrogen) atoms. The number of rotatable bonds is 6. The second kappa shape index (κ2) is 5.29. The number of esters is 1. The van der Waals surface area contributed by atoms with Gasteiger partial charge in [-0.3, -0.25) is 4.79 Å². The van der Waals surface area contributed by atoms with Gasteiger partial charge in [0.25, 0.3) is 0 Å². The van der Waals surface area contributed by atoms with Crippen LogP contribution in [0.1, 0.15) is 25.7 Å². The van der Waals surface area contributed by atoms with Gasteiger partial charge in [-0.1, -0.05) is 0 Å². The smallest absolute Gasteiger partial charge is 0.389 e. The molecule has 1 rings (SSSR count). The molecular formula is C10H15F3O2S. The Balaban J connectivity index is 2.15. The predicted octanol–water partition coefficient (Wildman–Crippen LogP) is 3.02. The number of alkyl halides is 3. The lowest BCUT2D eigenvalue weighted by Gasteiger charge is -2.13. The first-order valence-electron chi connectivity index (χ1n) is 5.08. The van der Waals surface area contributed by atoms with Crippen molar-refractivity contribution in [1.82, 2.24) is 0 Å². The molecule has 0 atom stereocenters. The van der Waals surface area contributed by atoms with Gasteiger partial charge in [0.15, 0.2) is 0 Å². The van der Waals surface area contributed by atoms with Crippen LogP contribution in [-0.2, 0) is 9.53 Å². The standard InChI is InChI=1S/C10H15F3O2S/c1-15-8(14)6-9(2-3-9)7-16-5-4-10(11,12)13/h2-7H2,1H3. The molecule has 0 unspecified atom stereocenters. The molecule has 0 saturated heterocycles. The van der Waals surface area contributed by atoms with E-state index < -0.39 is 12.6 Å². The second-order valence-electron chi connectivity index (χ2n) is 4.17. The first kappa shape index (κ1) is 13.7. The molecule has 0 radical (unpaired) electrons. The highest BCUT2D eigenvalue weighted by molar-refractivity contribution is 7.99. The van der Waals surface area contributed by atoms with Crippen molar-refractivity contribution in [3.8, 4) is 0 Å². The number of hydrogen-bond acceptors (Lipinski definition) is 3. The van der Waals surface area contributed by atoms with Gasteiger partial charge in [-0.15, -0.1) is 0 Å². The summed E-state index contributed by atoms with van der Waals surface area (Å²) >= 11 is 1.27. The number of hydrogen-bond donors (Lipinski definition) is 0. The van der Waals surface area contributed by atoms with Crippen molar-refractivity contribution in [3.63, 3.8) is 0 Å². The molecule has 0 heterocycles. The Kier molecular flexibility index (Phi) is 4.52. The van der Waals surface area contributed by atoms with Crippen LogP contribution < -0.4 is 0 Å². The van der Waals surface area contributed by atoms with Gasteiger partial charge >= 0.3 is 12.1 Å². The number of carbonyl (C=O) groups is 1. The molecule has 1 saturated carbocycles. The molecule has 6 heteroatoms. The minimum atomic E-state index is -4.08. The van der Waals surface area contributed by atoms with Crippen molar-refractivity contribution < 1.29 is 22.7 Å². The van der Waals surface area contributed by atoms with E-state index in [2.05, 4.69) is 4.74 Å². The molecule has 0 aliphatic heterocycles. The zero-order valence-electron chi connectivity index (χ0n) is 9.10. The molecule has 0 bridgehead atoms. The van der Waals surface area contributed by atoms with Crippen LogP contribution in [0.25, 0.3) is 0 Å². The van der Waals surface area contributed by atoms with Crippen LogP contribution >= 0.6 is 11.8 Å². The third-order valence-corrected chi connectivity index (χ3v) is 3.95. The normalized spacial score (nSPS) is 18.2. The van der Waals surface area contributed by atoms with Crippen molar-refractivity contribution in [2.24, 2.45) is 5.41 Å². The topological polar surface area (TPSA) is 26.3 Å². The molecule has 0 aromatic rings. The molecule has 0 amide bonds. The van der Waals surface area contributed by atoms with E-state index in [1.54, 1.807) is 0 Å². The number of thioether (sulfide) groups is 1. The predicted molar refractivity (Wildman–Crippen MR) is 56.3 cm³/mol. The molecule has 0 aromatic carbocycles. The highest BCUT2D eigenvalue weighted by Crippen LogP contribution is 2.51. The average molecular weight is 256 g/mol. The van der Waals surface area contributed by atoms with Gasteiger partial charge in [-0.05, 0) is 24.0 Å². The monoisotopic (exact) mass is 256 g/mol. The maximum atomic E-state index is 11.9. The molecule has 0 spiro atoms. The van der Waals surface area contributed by atoms with Crippen LogP contribution in [0.4, 0.5) is 13.2 Å². The number of halogens is 3. The Hall–Kier alpha value is -0.390. The molecule has 94 valence electrons. The highest BCUT2D eigenvalue weighted by atomic mass is 32.2. The van der Waals surface area contributed by atoms with E-state index in [0.717, 1.165) is 12.8 Å². The number of ether oxygens (including phenoxy) is 1. The van der Waals surface area contributed by atoms with Crippen LogP contribution in [0, 0.1) is 5.41 Å². The summed E-state index contributed by atoms with van der Waals surface area (Å²) in [5, 5.41) is 0. The van der Waals surface area contributed by atoms with Gasteiger partial charge in [0.2, 0.25) is 0 Å². The number of carbonyl (C=O) groups excluding carboxylic acids is 1. The van der Waals surface area contributed by atoms with Crippen LogP contribution in [-0.4, -0.2) is 30.8 Å². The lowest BCUT2D eigenvalue weighted by atomic mass is 10.1. The Morgan fingerprint density at radius 2 is 2.06 bits per heavy atom. The molecular weight excluding hydrogens is 241 g/mol. The van der Waals surface area contributed by atoms with Crippen molar-refractivity contribution in [3.05, 3.63) is 0 Å². The average Bonchev–Trinajstić information content (AvgIpc) is 2.92. The van der Waals surface area contributed by atoms with E-state index in [1.165, 1.54) is 18.9 Å². The van der Waals surface area contributed by atoms with E-state index in [0.29, 0.717) is 12.2 Å². The van der Waals surface area contributed by atoms with Gasteiger partial charge in [0.05, 0.1) is 20.0 Å². The number of methoxy groups -OCH3 is 1. The van der Waals surface area contributed by atoms with E-state index >= 15 is 0 Å². The Labute approximate surface area is 96.9 Å². The lowest BCUT2D eigenvalue weighted by Crippen LogP contribution is -2.14. The zero-order chi connectivity index (χ0) is 12.2. The van der Waals surface area contributed by atoms with Crippen LogP contribution in [0.5, 0.6) is 0 Å². The van der Waals surface area contributed by atoms with E-state index in [4.69, 9.17) is 0 Å².